The highest BCUT2D eigenvalue weighted by atomic mass is 14.1. The molecule has 138 valence electrons. The lowest BCUT2D eigenvalue weighted by Gasteiger charge is -2.07. The van der Waals surface area contributed by atoms with Crippen molar-refractivity contribution in [2.24, 2.45) is 0 Å². The topological polar surface area (TPSA) is 0 Å². The van der Waals surface area contributed by atoms with Crippen molar-refractivity contribution in [3.63, 3.8) is 0 Å². The molecule has 0 atom stereocenters. The molecule has 0 aliphatic heterocycles. The molecule has 3 rings (SSSR count). The second-order valence-corrected chi connectivity index (χ2v) is 4.70. The molecule has 0 aromatic heterocycles. The van der Waals surface area contributed by atoms with Crippen LogP contribution in [0.1, 0.15) is 72.9 Å². The molecule has 25 heavy (non-hydrogen) atoms. The van der Waals surface area contributed by atoms with Gasteiger partial charge in [0.25, 0.3) is 0 Å². The maximum absolute atomic E-state index is 3.87. The van der Waals surface area contributed by atoms with Crippen LogP contribution in [0.3, 0.4) is 0 Å². The standard InChI is InChI=1S/C18H16.3C2H6.CH4/c1-3-13-9-17-11-15-7-5-6-8-16(15)12-18(17)10-14(13)4-2;3*1-2;/h3-4,7-12H,1-2,5-6H2;3*1-2H3;1H4. The monoisotopic (exact) mass is 338 g/mol. The van der Waals surface area contributed by atoms with Crippen LogP contribution < -0.4 is 10.4 Å². The molecule has 0 spiro atoms. The molecule has 0 nitrogen and oxygen atoms in total. The van der Waals surface area contributed by atoms with Gasteiger partial charge in [-0.15, -0.1) is 0 Å². The van der Waals surface area contributed by atoms with Crippen LogP contribution in [0.25, 0.3) is 35.1 Å². The van der Waals surface area contributed by atoms with Gasteiger partial charge in [0, 0.05) is 0 Å². The third-order valence-corrected chi connectivity index (χ3v) is 3.58. The van der Waals surface area contributed by atoms with E-state index >= 15 is 0 Å². The first-order valence-corrected chi connectivity index (χ1v) is 9.35. The molecule has 0 N–H and O–H groups in total. The van der Waals surface area contributed by atoms with E-state index in [1.165, 1.54) is 21.2 Å². The van der Waals surface area contributed by atoms with Crippen molar-refractivity contribution in [1.29, 1.82) is 0 Å². The third-order valence-electron chi connectivity index (χ3n) is 3.58. The van der Waals surface area contributed by atoms with Crippen molar-refractivity contribution in [1.82, 2.24) is 0 Å². The molecule has 2 aromatic rings. The van der Waals surface area contributed by atoms with Crippen molar-refractivity contribution in [3.8, 4) is 0 Å². The quantitative estimate of drug-likeness (QED) is 0.543. The summed E-state index contributed by atoms with van der Waals surface area (Å²) in [5.74, 6) is 0. The normalized spacial score (nSPS) is 10.3. The molecule has 0 saturated heterocycles. The zero-order chi connectivity index (χ0) is 18.5. The van der Waals surface area contributed by atoms with Crippen molar-refractivity contribution < 1.29 is 0 Å². The molecular weight excluding hydrogens is 300 g/mol. The molecule has 0 heterocycles. The van der Waals surface area contributed by atoms with Gasteiger partial charge < -0.3 is 0 Å². The summed E-state index contributed by atoms with van der Waals surface area (Å²) in [4.78, 5) is 0. The van der Waals surface area contributed by atoms with Gasteiger partial charge in [0.05, 0.1) is 0 Å². The van der Waals surface area contributed by atoms with Gasteiger partial charge in [-0.3, -0.25) is 0 Å². The number of rotatable bonds is 2. The van der Waals surface area contributed by atoms with Gasteiger partial charge in [0.1, 0.15) is 0 Å². The molecule has 0 unspecified atom stereocenters. The number of hydrogen-bond donors (Lipinski definition) is 0. The van der Waals surface area contributed by atoms with Crippen molar-refractivity contribution >= 4 is 35.1 Å². The average molecular weight is 339 g/mol. The van der Waals surface area contributed by atoms with Crippen LogP contribution in [0.5, 0.6) is 0 Å². The summed E-state index contributed by atoms with van der Waals surface area (Å²) in [6.45, 7) is 19.7. The lowest BCUT2D eigenvalue weighted by molar-refractivity contribution is 1.12. The van der Waals surface area contributed by atoms with Gasteiger partial charge in [0.2, 0.25) is 0 Å². The second-order valence-electron chi connectivity index (χ2n) is 4.70. The number of fused-ring (bicyclic) bond motifs is 2. The van der Waals surface area contributed by atoms with Crippen LogP contribution in [0.15, 0.2) is 37.4 Å². The van der Waals surface area contributed by atoms with Gasteiger partial charge in [0.15, 0.2) is 0 Å². The van der Waals surface area contributed by atoms with Crippen LogP contribution in [-0.4, -0.2) is 0 Å². The Labute approximate surface area is 156 Å². The van der Waals surface area contributed by atoms with Gasteiger partial charge in [-0.2, -0.15) is 0 Å². The van der Waals surface area contributed by atoms with E-state index in [2.05, 4.69) is 49.6 Å². The van der Waals surface area contributed by atoms with Gasteiger partial charge >= 0.3 is 0 Å². The number of hydrogen-bond acceptors (Lipinski definition) is 0. The highest BCUT2D eigenvalue weighted by Crippen LogP contribution is 2.20. The fourth-order valence-electron chi connectivity index (χ4n) is 2.60. The Morgan fingerprint density at radius 3 is 1.24 bits per heavy atom. The van der Waals surface area contributed by atoms with Crippen LogP contribution in [0.4, 0.5) is 0 Å². The molecule has 2 aromatic carbocycles. The fourth-order valence-corrected chi connectivity index (χ4v) is 2.60. The highest BCUT2D eigenvalue weighted by Gasteiger charge is 2.02. The van der Waals surface area contributed by atoms with Crippen molar-refractivity contribution in [2.45, 2.75) is 61.8 Å². The van der Waals surface area contributed by atoms with Gasteiger partial charge in [-0.1, -0.05) is 86.4 Å². The van der Waals surface area contributed by atoms with Crippen molar-refractivity contribution in [3.05, 3.63) is 59.0 Å². The van der Waals surface area contributed by atoms with Crippen LogP contribution >= 0.6 is 0 Å². The van der Waals surface area contributed by atoms with Crippen LogP contribution in [0, 0.1) is 0 Å². The third kappa shape index (κ3) is 6.38. The molecule has 0 amide bonds. The predicted octanol–water partition coefficient (Wildman–Crippen LogP) is 7.20. The largest absolute Gasteiger partial charge is 0.0984 e. The summed E-state index contributed by atoms with van der Waals surface area (Å²) in [7, 11) is 0. The van der Waals surface area contributed by atoms with Gasteiger partial charge in [-0.05, 0) is 69.4 Å². The van der Waals surface area contributed by atoms with Crippen LogP contribution in [0.2, 0.25) is 0 Å². The summed E-state index contributed by atoms with van der Waals surface area (Å²) in [6, 6.07) is 8.95. The molecule has 0 heteroatoms. The molecule has 0 fully saturated rings. The molecular formula is C25H38. The van der Waals surface area contributed by atoms with E-state index in [4.69, 9.17) is 0 Å². The zero-order valence-corrected chi connectivity index (χ0v) is 16.4. The molecule has 1 aliphatic carbocycles. The lowest BCUT2D eigenvalue weighted by Crippen LogP contribution is -2.26. The Hall–Kier alpha value is -2.08. The van der Waals surface area contributed by atoms with E-state index in [9.17, 15) is 0 Å². The summed E-state index contributed by atoms with van der Waals surface area (Å²) >= 11 is 0. The minimum absolute atomic E-state index is 0. The summed E-state index contributed by atoms with van der Waals surface area (Å²) < 4.78 is 0. The van der Waals surface area contributed by atoms with Crippen LogP contribution in [-0.2, 0) is 0 Å². The summed E-state index contributed by atoms with van der Waals surface area (Å²) in [6.07, 6.45) is 10.7. The molecule has 1 aliphatic rings. The highest BCUT2D eigenvalue weighted by molar-refractivity contribution is 5.88. The first-order valence-electron chi connectivity index (χ1n) is 9.35. The van der Waals surface area contributed by atoms with E-state index in [-0.39, 0.29) is 7.43 Å². The molecule has 0 saturated carbocycles. The Balaban J connectivity index is 0. The predicted molar refractivity (Wildman–Crippen MR) is 122 cm³/mol. The van der Waals surface area contributed by atoms with E-state index in [0.717, 1.165) is 24.0 Å². The zero-order valence-electron chi connectivity index (χ0n) is 16.4. The SMILES string of the molecule is C.C=Cc1cc2cc3c(cc2cc1C=C)=CCCC=3.CC.CC.CC. The average Bonchev–Trinajstić information content (AvgIpc) is 2.69. The summed E-state index contributed by atoms with van der Waals surface area (Å²) in [5.41, 5.74) is 2.30. The van der Waals surface area contributed by atoms with Crippen molar-refractivity contribution in [2.75, 3.05) is 0 Å². The number of benzene rings is 2. The first-order chi connectivity index (χ1) is 11.8. The maximum atomic E-state index is 3.87. The Morgan fingerprint density at radius 1 is 0.640 bits per heavy atom. The Kier molecular flexibility index (Phi) is 14.4. The van der Waals surface area contributed by atoms with Gasteiger partial charge in [-0.25, -0.2) is 0 Å². The van der Waals surface area contributed by atoms with E-state index in [1.807, 2.05) is 53.7 Å². The summed E-state index contributed by atoms with van der Waals surface area (Å²) in [5, 5.41) is 5.27. The maximum Gasteiger partial charge on any atom is -0.0171 e. The molecule has 0 radical (unpaired) electrons. The first kappa shape index (κ1) is 25.2. The minimum atomic E-state index is 0. The minimum Gasteiger partial charge on any atom is -0.0984 e. The Bertz CT molecular complexity index is 694. The van der Waals surface area contributed by atoms with E-state index in [0.29, 0.717) is 0 Å². The Morgan fingerprint density at radius 2 is 0.960 bits per heavy atom. The molecule has 0 bridgehead atoms. The fraction of sp³-hybridized carbons (Fsp3) is 0.360. The smallest absolute Gasteiger partial charge is 0.0171 e. The second kappa shape index (κ2) is 14.3. The lowest BCUT2D eigenvalue weighted by atomic mass is 9.97. The van der Waals surface area contributed by atoms with E-state index < -0.39 is 0 Å². The van der Waals surface area contributed by atoms with E-state index in [1.54, 1.807) is 0 Å².